The predicted molar refractivity (Wildman–Crippen MR) is 129 cm³/mol. The highest BCUT2D eigenvalue weighted by Gasteiger charge is 2.40. The minimum atomic E-state index is -1.62. The first-order valence-corrected chi connectivity index (χ1v) is 11.1. The molecular weight excluding hydrogens is 432 g/mol. The molecule has 0 fully saturated rings. The van der Waals surface area contributed by atoms with Crippen molar-refractivity contribution in [2.24, 2.45) is 0 Å². The summed E-state index contributed by atoms with van der Waals surface area (Å²) >= 11 is 0. The molecule has 3 N–H and O–H groups in total. The average Bonchev–Trinajstić information content (AvgIpc) is 2.90. The maximum Gasteiger partial charge on any atom is 0.151 e. The Morgan fingerprint density at radius 1 is 0.794 bits per heavy atom. The van der Waals surface area contributed by atoms with Crippen LogP contribution in [0.25, 0.3) is 0 Å². The molecule has 0 radical (unpaired) electrons. The minimum Gasteiger partial charge on any atom is -0.388 e. The van der Waals surface area contributed by atoms with E-state index in [9.17, 15) is 20.1 Å². The molecule has 3 aromatic rings. The van der Waals surface area contributed by atoms with E-state index >= 15 is 0 Å². The lowest BCUT2D eigenvalue weighted by Gasteiger charge is -2.37. The first-order valence-electron chi connectivity index (χ1n) is 11.1. The smallest absolute Gasteiger partial charge is 0.151 e. The molecule has 0 aliphatic heterocycles. The van der Waals surface area contributed by atoms with E-state index in [1.807, 2.05) is 91.0 Å². The largest absolute Gasteiger partial charge is 0.388 e. The third-order valence-electron chi connectivity index (χ3n) is 5.62. The lowest BCUT2D eigenvalue weighted by Crippen LogP contribution is -2.49. The fourth-order valence-corrected chi connectivity index (χ4v) is 3.95. The second kappa shape index (κ2) is 12.4. The van der Waals surface area contributed by atoms with Crippen LogP contribution in [0.2, 0.25) is 0 Å². The first kappa shape index (κ1) is 25.5. The fraction of sp³-hybridized carbons (Fsp3) is 0.250. The Labute approximate surface area is 199 Å². The molecule has 0 saturated carbocycles. The third kappa shape index (κ3) is 5.67. The summed E-state index contributed by atoms with van der Waals surface area (Å²) < 4.78 is 11.8. The molecule has 0 heterocycles. The van der Waals surface area contributed by atoms with Gasteiger partial charge < -0.3 is 29.6 Å². The van der Waals surface area contributed by atoms with Crippen LogP contribution < -0.4 is 0 Å². The molecule has 178 valence electrons. The number of hydrogen-bond donors (Lipinski definition) is 3. The molecule has 0 saturated heterocycles. The molecule has 4 atom stereocenters. The standard InChI is InChI=1S/C28H30O6/c1-2-18-33-27(24(30)19-29)26(32)25(31)20-34-28(21-12-6-3-7-13-21,22-14-8-4-9-15-22)23-16-10-5-11-17-23/h2-17,19,24-27,30-32H,1,18,20H2/t24-,25-,26-,27-/m1/s1. The van der Waals surface area contributed by atoms with Crippen molar-refractivity contribution in [3.05, 3.63) is 120 Å². The molecule has 0 aliphatic carbocycles. The van der Waals surface area contributed by atoms with E-state index < -0.39 is 30.0 Å². The van der Waals surface area contributed by atoms with Gasteiger partial charge in [0.15, 0.2) is 6.29 Å². The van der Waals surface area contributed by atoms with E-state index in [1.54, 1.807) is 0 Å². The van der Waals surface area contributed by atoms with Gasteiger partial charge in [-0.05, 0) is 16.7 Å². The lowest BCUT2D eigenvalue weighted by atomic mass is 9.80. The van der Waals surface area contributed by atoms with Crippen LogP contribution in [0.15, 0.2) is 104 Å². The third-order valence-corrected chi connectivity index (χ3v) is 5.62. The van der Waals surface area contributed by atoms with Crippen molar-refractivity contribution in [3.8, 4) is 0 Å². The van der Waals surface area contributed by atoms with Gasteiger partial charge in [0.2, 0.25) is 0 Å². The van der Waals surface area contributed by atoms with Crippen LogP contribution in [0.5, 0.6) is 0 Å². The number of aldehydes is 1. The average molecular weight is 463 g/mol. The molecule has 3 rings (SSSR count). The molecule has 0 amide bonds. The van der Waals surface area contributed by atoms with Gasteiger partial charge in [0, 0.05) is 0 Å². The van der Waals surface area contributed by atoms with Crippen molar-refractivity contribution in [1.82, 2.24) is 0 Å². The fourth-order valence-electron chi connectivity index (χ4n) is 3.95. The van der Waals surface area contributed by atoms with Gasteiger partial charge in [-0.3, -0.25) is 0 Å². The number of ether oxygens (including phenoxy) is 2. The number of benzene rings is 3. The summed E-state index contributed by atoms with van der Waals surface area (Å²) in [5.74, 6) is 0. The molecule has 0 bridgehead atoms. The number of carbonyl (C=O) groups is 1. The zero-order valence-corrected chi connectivity index (χ0v) is 18.8. The van der Waals surface area contributed by atoms with Crippen LogP contribution in [0.3, 0.4) is 0 Å². The predicted octanol–water partition coefficient (Wildman–Crippen LogP) is 2.85. The monoisotopic (exact) mass is 462 g/mol. The second-order valence-electron chi connectivity index (χ2n) is 7.86. The topological polar surface area (TPSA) is 96.2 Å². The van der Waals surface area contributed by atoms with Crippen LogP contribution in [-0.4, -0.2) is 59.2 Å². The number of carbonyl (C=O) groups excluding carboxylic acids is 1. The normalized spacial score (nSPS) is 15.1. The Bertz CT molecular complexity index is 912. The Kier molecular flexibility index (Phi) is 9.27. The van der Waals surface area contributed by atoms with E-state index in [-0.39, 0.29) is 19.5 Å². The summed E-state index contributed by atoms with van der Waals surface area (Å²) in [4.78, 5) is 11.1. The van der Waals surface area contributed by atoms with Crippen molar-refractivity contribution in [2.45, 2.75) is 30.0 Å². The summed E-state index contributed by atoms with van der Waals surface area (Å²) in [5, 5.41) is 31.5. The van der Waals surface area contributed by atoms with E-state index in [4.69, 9.17) is 9.47 Å². The Balaban J connectivity index is 2.00. The molecule has 0 unspecified atom stereocenters. The van der Waals surface area contributed by atoms with Crippen LogP contribution in [0.1, 0.15) is 16.7 Å². The van der Waals surface area contributed by atoms with Crippen LogP contribution in [0, 0.1) is 0 Å². The number of aliphatic hydroxyl groups is 3. The molecule has 3 aromatic carbocycles. The van der Waals surface area contributed by atoms with Gasteiger partial charge in [0.1, 0.15) is 30.0 Å². The second-order valence-corrected chi connectivity index (χ2v) is 7.86. The van der Waals surface area contributed by atoms with Gasteiger partial charge in [-0.15, -0.1) is 6.58 Å². The highest BCUT2D eigenvalue weighted by molar-refractivity contribution is 5.56. The van der Waals surface area contributed by atoms with Crippen molar-refractivity contribution in [2.75, 3.05) is 13.2 Å². The maximum atomic E-state index is 11.1. The number of rotatable bonds is 13. The van der Waals surface area contributed by atoms with Gasteiger partial charge in [0.05, 0.1) is 13.2 Å². The molecule has 0 aromatic heterocycles. The van der Waals surface area contributed by atoms with Crippen molar-refractivity contribution >= 4 is 6.29 Å². The Hall–Kier alpha value is -3.13. The Morgan fingerprint density at radius 2 is 1.24 bits per heavy atom. The zero-order chi connectivity index (χ0) is 24.4. The Morgan fingerprint density at radius 3 is 1.62 bits per heavy atom. The van der Waals surface area contributed by atoms with Crippen molar-refractivity contribution in [3.63, 3.8) is 0 Å². The van der Waals surface area contributed by atoms with E-state index in [0.717, 1.165) is 16.7 Å². The number of hydrogen-bond acceptors (Lipinski definition) is 6. The number of aliphatic hydroxyl groups excluding tert-OH is 3. The van der Waals surface area contributed by atoms with Gasteiger partial charge >= 0.3 is 0 Å². The first-order chi connectivity index (χ1) is 16.5. The van der Waals surface area contributed by atoms with Gasteiger partial charge in [-0.1, -0.05) is 97.1 Å². The SMILES string of the molecule is C=CCO[C@@H]([C@H](O)[C@H](O)COC(c1ccccc1)(c1ccccc1)c1ccccc1)[C@H](O)C=O. The molecule has 0 spiro atoms. The van der Waals surface area contributed by atoms with Crippen molar-refractivity contribution in [1.29, 1.82) is 0 Å². The summed E-state index contributed by atoms with van der Waals surface area (Å²) in [6.45, 7) is 3.21. The zero-order valence-electron chi connectivity index (χ0n) is 18.8. The van der Waals surface area contributed by atoms with Crippen LogP contribution in [0.4, 0.5) is 0 Å². The molecule has 6 heteroatoms. The van der Waals surface area contributed by atoms with Crippen LogP contribution >= 0.6 is 0 Å². The quantitative estimate of drug-likeness (QED) is 0.205. The maximum absolute atomic E-state index is 11.1. The molecule has 34 heavy (non-hydrogen) atoms. The van der Waals surface area contributed by atoms with E-state index in [0.29, 0.717) is 0 Å². The highest BCUT2D eigenvalue weighted by Crippen LogP contribution is 2.40. The summed E-state index contributed by atoms with van der Waals surface area (Å²) in [6.07, 6.45) is -4.32. The summed E-state index contributed by atoms with van der Waals surface area (Å²) in [5.41, 5.74) is 1.41. The van der Waals surface area contributed by atoms with Crippen LogP contribution in [-0.2, 0) is 19.9 Å². The molecule has 0 aliphatic rings. The van der Waals surface area contributed by atoms with E-state index in [1.165, 1.54) is 6.08 Å². The highest BCUT2D eigenvalue weighted by atomic mass is 16.5. The summed E-state index contributed by atoms with van der Waals surface area (Å²) in [7, 11) is 0. The summed E-state index contributed by atoms with van der Waals surface area (Å²) in [6, 6.07) is 28.8. The van der Waals surface area contributed by atoms with Crippen molar-refractivity contribution < 1.29 is 29.6 Å². The minimum absolute atomic E-state index is 0.0117. The molecule has 6 nitrogen and oxygen atoms in total. The van der Waals surface area contributed by atoms with Gasteiger partial charge in [0.25, 0.3) is 0 Å². The van der Waals surface area contributed by atoms with Gasteiger partial charge in [-0.2, -0.15) is 0 Å². The molecular formula is C28H30O6. The lowest BCUT2D eigenvalue weighted by molar-refractivity contribution is -0.155. The van der Waals surface area contributed by atoms with Gasteiger partial charge in [-0.25, -0.2) is 0 Å². The van der Waals surface area contributed by atoms with E-state index in [2.05, 4.69) is 6.58 Å².